The summed E-state index contributed by atoms with van der Waals surface area (Å²) in [4.78, 5) is 4.98. The van der Waals surface area contributed by atoms with Crippen molar-refractivity contribution in [3.05, 3.63) is 0 Å². The standard InChI is InChI=1S/C13H28N4/c1-16-7-9-17(10-8-16)6-5-15-13-4-2-3-12(13)11-14/h12-13,15H,2-11,14H2,1H3. The highest BCUT2D eigenvalue weighted by atomic mass is 15.2. The van der Waals surface area contributed by atoms with Gasteiger partial charge in [0.25, 0.3) is 0 Å². The first-order valence-corrected chi connectivity index (χ1v) is 7.14. The summed E-state index contributed by atoms with van der Waals surface area (Å²) in [7, 11) is 2.21. The van der Waals surface area contributed by atoms with E-state index in [1.807, 2.05) is 0 Å². The third-order valence-corrected chi connectivity index (χ3v) is 4.39. The van der Waals surface area contributed by atoms with E-state index in [0.29, 0.717) is 6.04 Å². The topological polar surface area (TPSA) is 44.5 Å². The summed E-state index contributed by atoms with van der Waals surface area (Å²) in [6.45, 7) is 8.06. The molecule has 17 heavy (non-hydrogen) atoms. The number of nitrogens with one attached hydrogen (secondary N) is 1. The summed E-state index contributed by atoms with van der Waals surface area (Å²) in [6.07, 6.45) is 4.00. The van der Waals surface area contributed by atoms with E-state index in [4.69, 9.17) is 5.73 Å². The van der Waals surface area contributed by atoms with E-state index in [2.05, 4.69) is 22.2 Å². The molecule has 0 bridgehead atoms. The van der Waals surface area contributed by atoms with E-state index in [0.717, 1.165) is 19.0 Å². The van der Waals surface area contributed by atoms with Crippen LogP contribution in [0.2, 0.25) is 0 Å². The van der Waals surface area contributed by atoms with Gasteiger partial charge < -0.3 is 16.0 Å². The van der Waals surface area contributed by atoms with E-state index in [9.17, 15) is 0 Å². The van der Waals surface area contributed by atoms with Crippen LogP contribution in [-0.2, 0) is 0 Å². The van der Waals surface area contributed by atoms with Crippen molar-refractivity contribution in [3.8, 4) is 0 Å². The molecule has 2 rings (SSSR count). The Balaban J connectivity index is 1.59. The largest absolute Gasteiger partial charge is 0.330 e. The van der Waals surface area contributed by atoms with E-state index in [1.54, 1.807) is 0 Å². The molecular formula is C13H28N4. The maximum Gasteiger partial charge on any atom is 0.0110 e. The first-order chi connectivity index (χ1) is 8.29. The minimum atomic E-state index is 0.687. The molecule has 0 aromatic carbocycles. The van der Waals surface area contributed by atoms with Gasteiger partial charge in [-0.05, 0) is 32.4 Å². The highest BCUT2D eigenvalue weighted by Gasteiger charge is 2.25. The second-order valence-corrected chi connectivity index (χ2v) is 5.63. The average molecular weight is 240 g/mol. The lowest BCUT2D eigenvalue weighted by atomic mass is 10.0. The molecule has 0 aromatic heterocycles. The van der Waals surface area contributed by atoms with Crippen molar-refractivity contribution in [2.24, 2.45) is 11.7 Å². The van der Waals surface area contributed by atoms with Crippen LogP contribution in [0.3, 0.4) is 0 Å². The van der Waals surface area contributed by atoms with Crippen LogP contribution in [0.1, 0.15) is 19.3 Å². The number of nitrogens with two attached hydrogens (primary N) is 1. The zero-order chi connectivity index (χ0) is 12.1. The highest BCUT2D eigenvalue weighted by Crippen LogP contribution is 2.24. The quantitative estimate of drug-likeness (QED) is 0.707. The first-order valence-electron chi connectivity index (χ1n) is 7.14. The molecule has 3 N–H and O–H groups in total. The molecule has 4 nitrogen and oxygen atoms in total. The Hall–Kier alpha value is -0.160. The molecule has 1 saturated heterocycles. The Morgan fingerprint density at radius 1 is 1.18 bits per heavy atom. The van der Waals surface area contributed by atoms with Gasteiger partial charge in [-0.15, -0.1) is 0 Å². The molecule has 2 unspecified atom stereocenters. The number of piperazine rings is 1. The third kappa shape index (κ3) is 3.91. The summed E-state index contributed by atoms with van der Waals surface area (Å²) in [6, 6.07) is 0.687. The van der Waals surface area contributed by atoms with E-state index >= 15 is 0 Å². The average Bonchev–Trinajstić information content (AvgIpc) is 2.79. The molecular weight excluding hydrogens is 212 g/mol. The lowest BCUT2D eigenvalue weighted by molar-refractivity contribution is 0.153. The van der Waals surface area contributed by atoms with Crippen LogP contribution in [0.15, 0.2) is 0 Å². The Kier molecular flexibility index (Phi) is 5.22. The fourth-order valence-electron chi connectivity index (χ4n) is 3.07. The van der Waals surface area contributed by atoms with Gasteiger partial charge in [-0.2, -0.15) is 0 Å². The van der Waals surface area contributed by atoms with Crippen molar-refractivity contribution in [2.75, 3.05) is 52.9 Å². The van der Waals surface area contributed by atoms with Gasteiger partial charge in [-0.1, -0.05) is 6.42 Å². The smallest absolute Gasteiger partial charge is 0.0110 e. The lowest BCUT2D eigenvalue weighted by Crippen LogP contribution is -2.47. The lowest BCUT2D eigenvalue weighted by Gasteiger charge is -2.32. The Morgan fingerprint density at radius 2 is 1.94 bits per heavy atom. The van der Waals surface area contributed by atoms with Gasteiger partial charge in [0.15, 0.2) is 0 Å². The maximum atomic E-state index is 5.80. The monoisotopic (exact) mass is 240 g/mol. The van der Waals surface area contributed by atoms with Gasteiger partial charge >= 0.3 is 0 Å². The molecule has 2 atom stereocenters. The van der Waals surface area contributed by atoms with E-state index in [1.165, 1.54) is 52.0 Å². The SMILES string of the molecule is CN1CCN(CCNC2CCCC2CN)CC1. The minimum absolute atomic E-state index is 0.687. The van der Waals surface area contributed by atoms with Gasteiger partial charge in [0.2, 0.25) is 0 Å². The highest BCUT2D eigenvalue weighted by molar-refractivity contribution is 4.84. The molecule has 1 heterocycles. The van der Waals surface area contributed by atoms with Crippen LogP contribution in [0, 0.1) is 5.92 Å². The zero-order valence-electron chi connectivity index (χ0n) is 11.2. The molecule has 2 aliphatic rings. The predicted molar refractivity (Wildman–Crippen MR) is 72.1 cm³/mol. The van der Waals surface area contributed by atoms with Crippen molar-refractivity contribution in [2.45, 2.75) is 25.3 Å². The molecule has 0 amide bonds. The van der Waals surface area contributed by atoms with Crippen molar-refractivity contribution in [3.63, 3.8) is 0 Å². The Labute approximate surface area is 106 Å². The summed E-state index contributed by atoms with van der Waals surface area (Å²) < 4.78 is 0. The number of hydrogen-bond donors (Lipinski definition) is 2. The van der Waals surface area contributed by atoms with Crippen molar-refractivity contribution in [1.82, 2.24) is 15.1 Å². The number of rotatable bonds is 5. The molecule has 2 fully saturated rings. The predicted octanol–water partition coefficient (Wildman–Crippen LogP) is -0.0492. The van der Waals surface area contributed by atoms with Crippen LogP contribution in [0.25, 0.3) is 0 Å². The molecule has 0 spiro atoms. The van der Waals surface area contributed by atoms with Crippen LogP contribution < -0.4 is 11.1 Å². The van der Waals surface area contributed by atoms with Crippen LogP contribution in [0.5, 0.6) is 0 Å². The van der Waals surface area contributed by atoms with E-state index in [-0.39, 0.29) is 0 Å². The summed E-state index contributed by atoms with van der Waals surface area (Å²) in [5, 5.41) is 3.71. The van der Waals surface area contributed by atoms with Gasteiger partial charge in [0, 0.05) is 45.3 Å². The minimum Gasteiger partial charge on any atom is -0.330 e. The third-order valence-electron chi connectivity index (χ3n) is 4.39. The first kappa shape index (κ1) is 13.3. The normalized spacial score (nSPS) is 32.1. The molecule has 100 valence electrons. The summed E-state index contributed by atoms with van der Waals surface area (Å²) in [5.41, 5.74) is 5.80. The second kappa shape index (κ2) is 6.69. The van der Waals surface area contributed by atoms with Crippen LogP contribution >= 0.6 is 0 Å². The second-order valence-electron chi connectivity index (χ2n) is 5.63. The van der Waals surface area contributed by atoms with Gasteiger partial charge in [0.05, 0.1) is 0 Å². The van der Waals surface area contributed by atoms with Crippen LogP contribution in [0.4, 0.5) is 0 Å². The van der Waals surface area contributed by atoms with Gasteiger partial charge in [-0.3, -0.25) is 4.90 Å². The Morgan fingerprint density at radius 3 is 2.65 bits per heavy atom. The fraction of sp³-hybridized carbons (Fsp3) is 1.00. The summed E-state index contributed by atoms with van der Waals surface area (Å²) >= 11 is 0. The van der Waals surface area contributed by atoms with Crippen molar-refractivity contribution >= 4 is 0 Å². The molecule has 4 heteroatoms. The molecule has 1 aliphatic carbocycles. The number of nitrogens with zero attached hydrogens (tertiary/aromatic N) is 2. The van der Waals surface area contributed by atoms with E-state index < -0.39 is 0 Å². The molecule has 1 saturated carbocycles. The molecule has 0 radical (unpaired) electrons. The maximum absolute atomic E-state index is 5.80. The fourth-order valence-corrected chi connectivity index (χ4v) is 3.07. The van der Waals surface area contributed by atoms with Crippen LogP contribution in [-0.4, -0.2) is 68.7 Å². The molecule has 1 aliphatic heterocycles. The zero-order valence-corrected chi connectivity index (χ0v) is 11.2. The number of likely N-dealkylation sites (N-methyl/N-ethyl adjacent to an activating group) is 1. The number of hydrogen-bond acceptors (Lipinski definition) is 4. The summed E-state index contributed by atoms with van der Waals surface area (Å²) in [5.74, 6) is 0.725. The van der Waals surface area contributed by atoms with Gasteiger partial charge in [-0.25, -0.2) is 0 Å². The molecule has 0 aromatic rings. The van der Waals surface area contributed by atoms with Crippen molar-refractivity contribution in [1.29, 1.82) is 0 Å². The van der Waals surface area contributed by atoms with Gasteiger partial charge in [0.1, 0.15) is 0 Å². The van der Waals surface area contributed by atoms with Crippen molar-refractivity contribution < 1.29 is 0 Å². The Bertz CT molecular complexity index is 213.